The van der Waals surface area contributed by atoms with Gasteiger partial charge in [0.2, 0.25) is 17.1 Å². The second-order valence-corrected chi connectivity index (χ2v) is 33.3. The number of aryl methyl sites for hydroxylation is 10. The van der Waals surface area contributed by atoms with E-state index in [2.05, 4.69) is 304 Å². The number of fused-ring (bicyclic) bond motifs is 3. The summed E-state index contributed by atoms with van der Waals surface area (Å²) in [5, 5.41) is 28.1. The van der Waals surface area contributed by atoms with Gasteiger partial charge in [-0.15, -0.1) is 105 Å². The fraction of sp³-hybridized carbons (Fsp3) is 0.327. The molecular weight excluding hydrogens is 1940 g/mol. The van der Waals surface area contributed by atoms with Gasteiger partial charge in [-0.25, -0.2) is 0 Å². The number of rotatable bonds is 9. The number of pyridine rings is 3. The van der Waals surface area contributed by atoms with Crippen LogP contribution in [0.5, 0.6) is 0 Å². The zero-order valence-corrected chi connectivity index (χ0v) is 78.3. The van der Waals surface area contributed by atoms with E-state index in [1.54, 1.807) is 0 Å². The van der Waals surface area contributed by atoms with Crippen LogP contribution in [0, 0.1) is 87.4 Å². The molecule has 6 heterocycles. The van der Waals surface area contributed by atoms with Crippen LogP contribution in [0.15, 0.2) is 182 Å². The molecule has 12 aromatic rings. The van der Waals surface area contributed by atoms with Crippen molar-refractivity contribution in [1.82, 2.24) is 15.0 Å². The summed E-state index contributed by atoms with van der Waals surface area (Å²) in [6.07, 6.45) is 3.50. The molecule has 6 aromatic carbocycles. The van der Waals surface area contributed by atoms with Gasteiger partial charge >= 0.3 is 0 Å². The van der Waals surface area contributed by atoms with Crippen LogP contribution in [0.4, 0.5) is 0 Å². The Morgan fingerprint density at radius 3 is 0.832 bits per heavy atom. The Labute approximate surface area is 711 Å². The quantitative estimate of drug-likeness (QED) is 0.0705. The smallest absolute Gasteiger partial charge is 0.217 e. The van der Waals surface area contributed by atoms with Crippen LogP contribution < -0.4 is 0 Å². The van der Waals surface area contributed by atoms with Crippen molar-refractivity contribution in [2.24, 2.45) is 0 Å². The van der Waals surface area contributed by atoms with Crippen molar-refractivity contribution in [2.45, 2.75) is 216 Å². The molecule has 6 aromatic heterocycles. The molecule has 0 saturated carbocycles. The Kier molecular flexibility index (Phi) is 34.4. The van der Waals surface area contributed by atoms with Gasteiger partial charge in [-0.1, -0.05) is 187 Å². The first-order valence-electron chi connectivity index (χ1n) is 37.3. The molecule has 0 aliphatic rings. The number of carbonyl (C=O) groups excluding carboxylic acids is 3. The number of allylic oxidation sites excluding steroid dienone is 6. The van der Waals surface area contributed by atoms with Crippen molar-refractivity contribution in [3.05, 3.63) is 265 Å². The van der Waals surface area contributed by atoms with Crippen molar-refractivity contribution in [1.29, 1.82) is 0 Å². The number of nitrogens with zero attached hydrogens (tertiary/aromatic N) is 3. The fourth-order valence-electron chi connectivity index (χ4n) is 12.8. The van der Waals surface area contributed by atoms with Gasteiger partial charge in [-0.05, 0) is 187 Å². The number of benzene rings is 6. The Bertz CT molecular complexity index is 5330. The molecule has 603 valence electrons. The maximum atomic E-state index is 10.0. The van der Waals surface area contributed by atoms with Gasteiger partial charge in [-0.2, -0.15) is 0 Å². The fourth-order valence-corrected chi connectivity index (χ4v) is 12.8. The van der Waals surface area contributed by atoms with Crippen molar-refractivity contribution in [3.8, 4) is 67.7 Å². The number of aliphatic hydroxyl groups is 3. The second kappa shape index (κ2) is 40.3. The molecule has 113 heavy (non-hydrogen) atoms. The number of hydrogen-bond acceptors (Lipinski definition) is 12. The molecule has 3 radical (unpaired) electrons. The van der Waals surface area contributed by atoms with Gasteiger partial charge in [-0.3, -0.25) is 29.3 Å². The molecule has 0 aliphatic heterocycles. The molecule has 0 spiro atoms. The molecule has 0 unspecified atom stereocenters. The van der Waals surface area contributed by atoms with E-state index >= 15 is 0 Å². The van der Waals surface area contributed by atoms with E-state index in [4.69, 9.17) is 43.5 Å². The summed E-state index contributed by atoms with van der Waals surface area (Å²) in [5.74, 6) is 2.43. The van der Waals surface area contributed by atoms with E-state index in [9.17, 15) is 14.4 Å². The standard InChI is InChI=1S/C30H34NO.C27H28NO.C26H26NO.3C5H8O2.3Ir/c1-18-12-22(16-23(13-18)29(4,5)6)25-11-10-21-17-26(32-28(21)31-25)27-19(2)14-24(15-20(27)3)30(7,8)9;1-16-10-18(3)25(19(4)11-16)24-15-20-8-9-23(28-26(20)29-24)21-12-17(2)13-22(14-21)27(5,6)7;1-16-9-17(2)12-21(11-16)24-15-19-7-8-23(27-25(19)28-24)20-10-18(3)13-22(14-20)26(4,5)6;3*1-4(6)3-5(2)7;;;/h10-11,13-17H,1-9H3;8-11,13-15H,1-7H3;7-9,11-15H,1-6H3;3*3,6H,1-2H3;;;/q3*-1;;;;;;. The first kappa shape index (κ1) is 96.3. The average molecular weight is 2050 g/mol. The Balaban J connectivity index is 0.000000313. The van der Waals surface area contributed by atoms with E-state index < -0.39 is 0 Å². The maximum Gasteiger partial charge on any atom is 0.217 e. The third-order valence-corrected chi connectivity index (χ3v) is 17.9. The van der Waals surface area contributed by atoms with E-state index in [1.807, 2.05) is 0 Å². The van der Waals surface area contributed by atoms with Crippen LogP contribution in [0.25, 0.3) is 101 Å². The van der Waals surface area contributed by atoms with Gasteiger partial charge in [0.1, 0.15) is 17.3 Å². The minimum atomic E-state index is -0.125. The minimum absolute atomic E-state index is 0. The predicted molar refractivity (Wildman–Crippen MR) is 455 cm³/mol. The van der Waals surface area contributed by atoms with Gasteiger partial charge in [0.25, 0.3) is 0 Å². The summed E-state index contributed by atoms with van der Waals surface area (Å²) in [6, 6.07) is 57.8. The van der Waals surface area contributed by atoms with Gasteiger partial charge in [0, 0.05) is 111 Å². The molecule has 0 bridgehead atoms. The molecule has 0 saturated heterocycles. The molecule has 12 nitrogen and oxygen atoms in total. The van der Waals surface area contributed by atoms with Crippen molar-refractivity contribution in [2.75, 3.05) is 0 Å². The first-order valence-corrected chi connectivity index (χ1v) is 37.3. The van der Waals surface area contributed by atoms with Crippen LogP contribution >= 0.6 is 0 Å². The molecule has 0 amide bonds. The summed E-state index contributed by atoms with van der Waals surface area (Å²) >= 11 is 0. The average Bonchev–Trinajstić information content (AvgIpc) is 1.69. The zero-order chi connectivity index (χ0) is 82.0. The molecule has 3 N–H and O–H groups in total. The summed E-state index contributed by atoms with van der Waals surface area (Å²) < 4.78 is 18.7. The van der Waals surface area contributed by atoms with Crippen LogP contribution in [-0.2, 0) is 96.4 Å². The normalized spacial score (nSPS) is 11.7. The van der Waals surface area contributed by atoms with E-state index in [1.165, 1.54) is 121 Å². The van der Waals surface area contributed by atoms with E-state index in [0.29, 0.717) is 17.1 Å². The SMILES string of the molecule is CC(=O)C=C(C)O.CC(=O)C=C(C)O.CC(=O)C=C(C)O.Cc1[c-]c(-c2ccc3cc(-c4c(C)cc(C(C)(C)C)cc4C)oc3n2)cc(C(C)(C)C)c1.Cc1[c-]c(-c2ccc3cc(-c4c(C)cc(C)cc4C)oc3n2)cc(C(C)(C)C)c1.Cc1[c-]c(-c2ccc3cc(-c4cc(C)cc(C)c4)oc3n2)cc(C(C)(C)C)c1.[Ir].[Ir].[Ir]. The summed E-state index contributed by atoms with van der Waals surface area (Å²) in [4.78, 5) is 44.6. The second-order valence-electron chi connectivity index (χ2n) is 33.3. The molecule has 0 aliphatic carbocycles. The predicted octanol–water partition coefficient (Wildman–Crippen LogP) is 26.3. The Hall–Kier alpha value is -9.03. The van der Waals surface area contributed by atoms with Crippen LogP contribution in [0.3, 0.4) is 0 Å². The summed E-state index contributed by atoms with van der Waals surface area (Å²) in [7, 11) is 0. The Morgan fingerprint density at radius 2 is 0.575 bits per heavy atom. The van der Waals surface area contributed by atoms with Crippen molar-refractivity contribution >= 4 is 50.6 Å². The molecule has 12 rings (SSSR count). The third-order valence-electron chi connectivity index (χ3n) is 17.9. The van der Waals surface area contributed by atoms with E-state index in [0.717, 1.165) is 101 Å². The van der Waals surface area contributed by atoms with Crippen molar-refractivity contribution in [3.63, 3.8) is 0 Å². The first-order chi connectivity index (χ1) is 51.0. The number of ketones is 3. The number of aromatic nitrogens is 3. The minimum Gasteiger partial charge on any atom is -0.512 e. The van der Waals surface area contributed by atoms with Gasteiger partial charge < -0.3 is 28.6 Å². The molecule has 0 atom stereocenters. The maximum absolute atomic E-state index is 10.0. The van der Waals surface area contributed by atoms with Crippen LogP contribution in [0.2, 0.25) is 0 Å². The summed E-state index contributed by atoms with van der Waals surface area (Å²) in [6.45, 7) is 56.6. The molecule has 0 fully saturated rings. The van der Waals surface area contributed by atoms with Gasteiger partial charge in [0.15, 0.2) is 17.3 Å². The number of furan rings is 3. The van der Waals surface area contributed by atoms with Crippen molar-refractivity contribution < 1.29 is 103 Å². The molecule has 15 heteroatoms. The molecular formula is C98H112Ir3N3O9-3. The zero-order valence-electron chi connectivity index (χ0n) is 71.1. The van der Waals surface area contributed by atoms with E-state index in [-0.39, 0.29) is 117 Å². The van der Waals surface area contributed by atoms with Crippen LogP contribution in [0.1, 0.15) is 203 Å². The number of hydrogen-bond donors (Lipinski definition) is 3. The summed E-state index contributed by atoms with van der Waals surface area (Å²) in [5.41, 5.74) is 28.7. The number of carbonyl (C=O) groups is 3. The monoisotopic (exact) mass is 2050 g/mol. The van der Waals surface area contributed by atoms with Gasteiger partial charge in [0.05, 0.1) is 17.3 Å². The Morgan fingerprint density at radius 1 is 0.327 bits per heavy atom. The largest absolute Gasteiger partial charge is 0.512 e. The van der Waals surface area contributed by atoms with Crippen LogP contribution in [-0.4, -0.2) is 47.6 Å². The topological polar surface area (TPSA) is 190 Å². The third kappa shape index (κ3) is 27.9. The number of aliphatic hydroxyl groups excluding tert-OH is 3.